The van der Waals surface area contributed by atoms with Gasteiger partial charge in [-0.25, -0.2) is 4.98 Å². The molecule has 0 fully saturated rings. The number of allylic oxidation sites excluding steroid dienone is 2. The van der Waals surface area contributed by atoms with Crippen LogP contribution in [0.5, 0.6) is 0 Å². The molecule has 2 rings (SSSR count). The van der Waals surface area contributed by atoms with E-state index >= 15 is 0 Å². The van der Waals surface area contributed by atoms with E-state index in [-0.39, 0.29) is 5.92 Å². The van der Waals surface area contributed by atoms with Crippen LogP contribution in [-0.4, -0.2) is 26.3 Å². The molecule has 0 bridgehead atoms. The van der Waals surface area contributed by atoms with Crippen molar-refractivity contribution in [1.82, 2.24) is 15.2 Å². The summed E-state index contributed by atoms with van der Waals surface area (Å²) in [5.74, 6) is 0.0717. The summed E-state index contributed by atoms with van der Waals surface area (Å²) >= 11 is 0. The van der Waals surface area contributed by atoms with Crippen LogP contribution in [0.2, 0.25) is 0 Å². The lowest BCUT2D eigenvalue weighted by atomic mass is 9.82. The van der Waals surface area contributed by atoms with Gasteiger partial charge in [0.05, 0.1) is 5.92 Å². The molecule has 5 heteroatoms. The predicted molar refractivity (Wildman–Crippen MR) is 53.4 cm³/mol. The summed E-state index contributed by atoms with van der Waals surface area (Å²) < 4.78 is 0. The maximum atomic E-state index is 11.0. The second-order valence-corrected chi connectivity index (χ2v) is 3.77. The van der Waals surface area contributed by atoms with E-state index in [1.54, 1.807) is 0 Å². The Labute approximate surface area is 87.2 Å². The molecule has 0 aliphatic heterocycles. The molecule has 2 unspecified atom stereocenters. The van der Waals surface area contributed by atoms with Crippen LogP contribution >= 0.6 is 0 Å². The smallest absolute Gasteiger partial charge is 0.307 e. The molecule has 1 aliphatic rings. The van der Waals surface area contributed by atoms with Crippen molar-refractivity contribution in [3.8, 4) is 0 Å². The van der Waals surface area contributed by atoms with Crippen molar-refractivity contribution in [2.75, 3.05) is 0 Å². The zero-order valence-electron chi connectivity index (χ0n) is 8.47. The number of carbonyl (C=O) groups is 1. The molecule has 1 aromatic rings. The van der Waals surface area contributed by atoms with Gasteiger partial charge in [-0.05, 0) is 19.8 Å². The van der Waals surface area contributed by atoms with E-state index in [1.165, 1.54) is 0 Å². The van der Waals surface area contributed by atoms with Crippen molar-refractivity contribution in [2.45, 2.75) is 25.7 Å². The number of aliphatic carboxylic acids is 1. The molecule has 1 aromatic heterocycles. The number of nitrogens with one attached hydrogen (secondary N) is 1. The Hall–Kier alpha value is -1.65. The quantitative estimate of drug-likeness (QED) is 0.715. The number of rotatable bonds is 2. The number of carboxylic acids is 1. The molecule has 0 amide bonds. The summed E-state index contributed by atoms with van der Waals surface area (Å²) in [6.45, 7) is 1.81. The maximum absolute atomic E-state index is 11.0. The van der Waals surface area contributed by atoms with Crippen LogP contribution in [-0.2, 0) is 4.79 Å². The molecule has 80 valence electrons. The molecule has 2 N–H and O–H groups in total. The Bertz CT molecular complexity index is 397. The second kappa shape index (κ2) is 3.84. The Morgan fingerprint density at radius 2 is 2.27 bits per heavy atom. The van der Waals surface area contributed by atoms with Gasteiger partial charge in [0.1, 0.15) is 5.82 Å². The summed E-state index contributed by atoms with van der Waals surface area (Å²) in [6.07, 6.45) is 5.17. The first-order valence-corrected chi connectivity index (χ1v) is 4.95. The number of hydrogen-bond donors (Lipinski definition) is 2. The number of aromatic amines is 1. The maximum Gasteiger partial charge on any atom is 0.307 e. The topological polar surface area (TPSA) is 78.9 Å². The van der Waals surface area contributed by atoms with E-state index in [1.807, 2.05) is 19.1 Å². The van der Waals surface area contributed by atoms with Crippen LogP contribution in [0.25, 0.3) is 0 Å². The van der Waals surface area contributed by atoms with E-state index in [9.17, 15) is 4.79 Å². The van der Waals surface area contributed by atoms with E-state index in [4.69, 9.17) is 5.11 Å². The minimum atomic E-state index is -0.771. The lowest BCUT2D eigenvalue weighted by Crippen LogP contribution is -2.24. The van der Waals surface area contributed by atoms with Crippen molar-refractivity contribution >= 4 is 5.97 Å². The monoisotopic (exact) mass is 207 g/mol. The predicted octanol–water partition coefficient (Wildman–Crippen LogP) is 1.25. The minimum absolute atomic E-state index is 0.0996. The third kappa shape index (κ3) is 1.91. The molecule has 0 saturated carbocycles. The van der Waals surface area contributed by atoms with Crippen LogP contribution in [0.3, 0.4) is 0 Å². The SMILES string of the molecule is Cc1nc(C2CC=CCC2C(=O)O)n[nH]1. The second-order valence-electron chi connectivity index (χ2n) is 3.77. The summed E-state index contributed by atoms with van der Waals surface area (Å²) in [5.41, 5.74) is 0. The lowest BCUT2D eigenvalue weighted by molar-refractivity contribution is -0.142. The Balaban J connectivity index is 2.26. The van der Waals surface area contributed by atoms with Gasteiger partial charge >= 0.3 is 5.97 Å². The first-order chi connectivity index (χ1) is 7.18. The molecular weight excluding hydrogens is 194 g/mol. The fourth-order valence-electron chi connectivity index (χ4n) is 1.90. The van der Waals surface area contributed by atoms with Crippen LogP contribution < -0.4 is 0 Å². The zero-order chi connectivity index (χ0) is 10.8. The van der Waals surface area contributed by atoms with Gasteiger partial charge in [0.25, 0.3) is 0 Å². The van der Waals surface area contributed by atoms with E-state index in [2.05, 4.69) is 15.2 Å². The average Bonchev–Trinajstić information content (AvgIpc) is 2.65. The molecule has 5 nitrogen and oxygen atoms in total. The highest BCUT2D eigenvalue weighted by Crippen LogP contribution is 2.32. The number of carboxylic acid groups (broad SMARTS) is 1. The van der Waals surface area contributed by atoms with Crippen molar-refractivity contribution in [3.63, 3.8) is 0 Å². The van der Waals surface area contributed by atoms with Gasteiger partial charge in [0, 0.05) is 5.92 Å². The fourth-order valence-corrected chi connectivity index (χ4v) is 1.90. The van der Waals surface area contributed by atoms with Crippen LogP contribution in [0.4, 0.5) is 0 Å². The van der Waals surface area contributed by atoms with Crippen LogP contribution in [0.15, 0.2) is 12.2 Å². The fraction of sp³-hybridized carbons (Fsp3) is 0.500. The lowest BCUT2D eigenvalue weighted by Gasteiger charge is -2.22. The third-order valence-corrected chi connectivity index (χ3v) is 2.70. The summed E-state index contributed by atoms with van der Waals surface area (Å²) in [5, 5.41) is 15.9. The van der Waals surface area contributed by atoms with E-state index < -0.39 is 11.9 Å². The average molecular weight is 207 g/mol. The number of nitrogens with zero attached hydrogens (tertiary/aromatic N) is 2. The highest BCUT2D eigenvalue weighted by atomic mass is 16.4. The first kappa shape index (κ1) is 9.89. The molecular formula is C10H13N3O2. The number of hydrogen-bond acceptors (Lipinski definition) is 3. The van der Waals surface area contributed by atoms with E-state index in [0.29, 0.717) is 18.7 Å². The van der Waals surface area contributed by atoms with Gasteiger partial charge < -0.3 is 5.11 Å². The molecule has 1 aliphatic carbocycles. The number of aryl methyl sites for hydroxylation is 1. The Kier molecular flexibility index (Phi) is 2.53. The number of H-pyrrole nitrogens is 1. The molecule has 15 heavy (non-hydrogen) atoms. The molecule has 0 saturated heterocycles. The van der Waals surface area contributed by atoms with Gasteiger partial charge in [-0.2, -0.15) is 5.10 Å². The standard InChI is InChI=1S/C10H13N3O2/c1-6-11-9(13-12-6)7-4-2-3-5-8(7)10(14)15/h2-3,7-8H,4-5H2,1H3,(H,14,15)(H,11,12,13). The van der Waals surface area contributed by atoms with E-state index in [0.717, 1.165) is 5.82 Å². The zero-order valence-corrected chi connectivity index (χ0v) is 8.47. The summed E-state index contributed by atoms with van der Waals surface area (Å²) in [6, 6.07) is 0. The molecule has 0 aromatic carbocycles. The molecule has 0 radical (unpaired) electrons. The number of aromatic nitrogens is 3. The van der Waals surface area contributed by atoms with Crippen molar-refractivity contribution in [3.05, 3.63) is 23.8 Å². The summed E-state index contributed by atoms with van der Waals surface area (Å²) in [7, 11) is 0. The van der Waals surface area contributed by atoms with Crippen molar-refractivity contribution < 1.29 is 9.90 Å². The van der Waals surface area contributed by atoms with Crippen LogP contribution in [0.1, 0.15) is 30.4 Å². The third-order valence-electron chi connectivity index (χ3n) is 2.70. The molecule has 1 heterocycles. The van der Waals surface area contributed by atoms with Crippen molar-refractivity contribution in [1.29, 1.82) is 0 Å². The first-order valence-electron chi connectivity index (χ1n) is 4.95. The normalized spacial score (nSPS) is 25.4. The minimum Gasteiger partial charge on any atom is -0.481 e. The van der Waals surface area contributed by atoms with Crippen LogP contribution in [0, 0.1) is 12.8 Å². The highest BCUT2D eigenvalue weighted by molar-refractivity contribution is 5.71. The van der Waals surface area contributed by atoms with Crippen molar-refractivity contribution in [2.24, 2.45) is 5.92 Å². The van der Waals surface area contributed by atoms with Gasteiger partial charge in [0.2, 0.25) is 0 Å². The Morgan fingerprint density at radius 1 is 1.53 bits per heavy atom. The van der Waals surface area contributed by atoms with Gasteiger partial charge in [-0.1, -0.05) is 12.2 Å². The largest absolute Gasteiger partial charge is 0.481 e. The highest BCUT2D eigenvalue weighted by Gasteiger charge is 2.32. The molecule has 2 atom stereocenters. The van der Waals surface area contributed by atoms with Gasteiger partial charge in [-0.15, -0.1) is 0 Å². The van der Waals surface area contributed by atoms with Gasteiger partial charge in [-0.3, -0.25) is 9.89 Å². The molecule has 0 spiro atoms. The van der Waals surface area contributed by atoms with Gasteiger partial charge in [0.15, 0.2) is 5.82 Å². The Morgan fingerprint density at radius 3 is 2.87 bits per heavy atom. The summed E-state index contributed by atoms with van der Waals surface area (Å²) in [4.78, 5) is 15.2.